The fraction of sp³-hybridized carbons (Fsp3) is 0.556. The molecule has 6 heteroatoms. The minimum absolute atomic E-state index is 0.103. The first-order valence-corrected chi connectivity index (χ1v) is 8.55. The van der Waals surface area contributed by atoms with Crippen molar-refractivity contribution in [2.24, 2.45) is 0 Å². The number of carbonyl (C=O) groups is 2. The van der Waals surface area contributed by atoms with Crippen LogP contribution in [0.15, 0.2) is 18.2 Å². The molecule has 1 saturated carbocycles. The van der Waals surface area contributed by atoms with E-state index in [4.69, 9.17) is 0 Å². The molecule has 1 aromatic rings. The topological polar surface area (TPSA) is 49.4 Å². The second-order valence-electron chi connectivity index (χ2n) is 6.10. The highest BCUT2D eigenvalue weighted by Crippen LogP contribution is 2.24. The third-order valence-electron chi connectivity index (χ3n) is 4.46. The molecule has 4 nitrogen and oxygen atoms in total. The zero-order valence-electron chi connectivity index (χ0n) is 14.0. The molecule has 1 aliphatic carbocycles. The Morgan fingerprint density at radius 1 is 1.25 bits per heavy atom. The number of benzene rings is 1. The summed E-state index contributed by atoms with van der Waals surface area (Å²) in [6.07, 6.45) is 5.34. The van der Waals surface area contributed by atoms with Gasteiger partial charge in [0.1, 0.15) is 11.6 Å². The van der Waals surface area contributed by atoms with Crippen LogP contribution < -0.4 is 5.32 Å². The lowest BCUT2D eigenvalue weighted by atomic mass is 10.1. The van der Waals surface area contributed by atoms with E-state index in [0.29, 0.717) is 31.5 Å². The van der Waals surface area contributed by atoms with Crippen LogP contribution in [0.3, 0.4) is 0 Å². The van der Waals surface area contributed by atoms with Crippen LogP contribution in [0, 0.1) is 11.6 Å². The van der Waals surface area contributed by atoms with Crippen LogP contribution in [0.5, 0.6) is 0 Å². The standard InChI is InChI=1S/C18H24F2N2O2/c1-2-22(14-6-3-4-7-14)17(23)8-5-11-21-18(24)15-10-9-13(19)12-16(15)20/h9-10,12,14H,2-8,11H2,1H3,(H,21,24). The number of nitrogens with one attached hydrogen (secondary N) is 1. The molecule has 132 valence electrons. The largest absolute Gasteiger partial charge is 0.352 e. The van der Waals surface area contributed by atoms with Crippen molar-refractivity contribution < 1.29 is 18.4 Å². The Hall–Kier alpha value is -1.98. The molecule has 0 aromatic heterocycles. The normalized spacial score (nSPS) is 14.6. The van der Waals surface area contributed by atoms with Gasteiger partial charge in [-0.2, -0.15) is 0 Å². The maximum absolute atomic E-state index is 13.5. The van der Waals surface area contributed by atoms with Crippen molar-refractivity contribution in [1.29, 1.82) is 0 Å². The highest BCUT2D eigenvalue weighted by Gasteiger charge is 2.24. The fourth-order valence-electron chi connectivity index (χ4n) is 3.21. The van der Waals surface area contributed by atoms with E-state index in [9.17, 15) is 18.4 Å². The predicted molar refractivity (Wildman–Crippen MR) is 87.6 cm³/mol. The summed E-state index contributed by atoms with van der Waals surface area (Å²) < 4.78 is 26.3. The van der Waals surface area contributed by atoms with E-state index in [1.165, 1.54) is 12.8 Å². The van der Waals surface area contributed by atoms with Crippen molar-refractivity contribution >= 4 is 11.8 Å². The Bertz CT molecular complexity index is 586. The molecule has 24 heavy (non-hydrogen) atoms. The van der Waals surface area contributed by atoms with E-state index in [2.05, 4.69) is 5.32 Å². The van der Waals surface area contributed by atoms with Crippen molar-refractivity contribution in [3.8, 4) is 0 Å². The van der Waals surface area contributed by atoms with Gasteiger partial charge >= 0.3 is 0 Å². The molecule has 0 saturated heterocycles. The Balaban J connectivity index is 1.75. The van der Waals surface area contributed by atoms with Crippen molar-refractivity contribution in [2.45, 2.75) is 51.5 Å². The molecule has 0 radical (unpaired) electrons. The van der Waals surface area contributed by atoms with E-state index >= 15 is 0 Å². The third-order valence-corrected chi connectivity index (χ3v) is 4.46. The van der Waals surface area contributed by atoms with Crippen molar-refractivity contribution in [1.82, 2.24) is 10.2 Å². The molecular weight excluding hydrogens is 314 g/mol. The molecule has 0 unspecified atom stereocenters. The van der Waals surface area contributed by atoms with Crippen molar-refractivity contribution in [3.63, 3.8) is 0 Å². The van der Waals surface area contributed by atoms with E-state index < -0.39 is 17.5 Å². The second kappa shape index (κ2) is 8.76. The van der Waals surface area contributed by atoms with Gasteiger partial charge in [-0.05, 0) is 38.3 Å². The molecule has 0 bridgehead atoms. The van der Waals surface area contributed by atoms with Gasteiger partial charge in [-0.15, -0.1) is 0 Å². The van der Waals surface area contributed by atoms with Gasteiger partial charge in [-0.3, -0.25) is 9.59 Å². The van der Waals surface area contributed by atoms with Gasteiger partial charge in [0.05, 0.1) is 5.56 Å². The number of carbonyl (C=O) groups excluding carboxylic acids is 2. The molecule has 1 aliphatic rings. The van der Waals surface area contributed by atoms with E-state index in [1.807, 2.05) is 11.8 Å². The lowest BCUT2D eigenvalue weighted by Gasteiger charge is -2.27. The van der Waals surface area contributed by atoms with Gasteiger partial charge in [0.25, 0.3) is 5.91 Å². The van der Waals surface area contributed by atoms with Crippen LogP contribution in [-0.4, -0.2) is 35.8 Å². The van der Waals surface area contributed by atoms with Crippen LogP contribution in [0.4, 0.5) is 8.78 Å². The van der Waals surface area contributed by atoms with Gasteiger partial charge in [-0.25, -0.2) is 8.78 Å². The monoisotopic (exact) mass is 338 g/mol. The summed E-state index contributed by atoms with van der Waals surface area (Å²) in [5.41, 5.74) is -0.191. The smallest absolute Gasteiger partial charge is 0.254 e. The zero-order chi connectivity index (χ0) is 17.5. The predicted octanol–water partition coefficient (Wildman–Crippen LogP) is 3.27. The molecule has 1 aromatic carbocycles. The number of hydrogen-bond acceptors (Lipinski definition) is 2. The van der Waals surface area contributed by atoms with Crippen LogP contribution in [0.25, 0.3) is 0 Å². The molecule has 2 rings (SSSR count). The zero-order valence-corrected chi connectivity index (χ0v) is 14.0. The molecule has 1 fully saturated rings. The van der Waals surface area contributed by atoms with Gasteiger partial charge in [0.2, 0.25) is 5.91 Å². The van der Waals surface area contributed by atoms with E-state index in [0.717, 1.165) is 25.0 Å². The number of amides is 2. The quantitative estimate of drug-likeness (QED) is 0.776. The number of hydrogen-bond donors (Lipinski definition) is 1. The molecule has 0 atom stereocenters. The van der Waals surface area contributed by atoms with Gasteiger partial charge in [-0.1, -0.05) is 12.8 Å². The first-order chi connectivity index (χ1) is 11.5. The molecule has 1 N–H and O–H groups in total. The minimum Gasteiger partial charge on any atom is -0.352 e. The Morgan fingerprint density at radius 3 is 2.58 bits per heavy atom. The average molecular weight is 338 g/mol. The van der Waals surface area contributed by atoms with E-state index in [1.54, 1.807) is 0 Å². The highest BCUT2D eigenvalue weighted by molar-refractivity contribution is 5.94. The minimum atomic E-state index is -0.887. The lowest BCUT2D eigenvalue weighted by Crippen LogP contribution is -2.39. The first-order valence-electron chi connectivity index (χ1n) is 8.55. The van der Waals surface area contributed by atoms with Gasteiger partial charge < -0.3 is 10.2 Å². The van der Waals surface area contributed by atoms with Crippen LogP contribution >= 0.6 is 0 Å². The Labute approximate surface area is 141 Å². The van der Waals surface area contributed by atoms with Crippen LogP contribution in [0.1, 0.15) is 55.8 Å². The molecular formula is C18H24F2N2O2. The summed E-state index contributed by atoms with van der Waals surface area (Å²) in [7, 11) is 0. The number of halogens is 2. The second-order valence-corrected chi connectivity index (χ2v) is 6.10. The van der Waals surface area contributed by atoms with Crippen LogP contribution in [0.2, 0.25) is 0 Å². The van der Waals surface area contributed by atoms with Gasteiger partial charge in [0.15, 0.2) is 0 Å². The summed E-state index contributed by atoms with van der Waals surface area (Å²) in [6, 6.07) is 3.19. The highest BCUT2D eigenvalue weighted by atomic mass is 19.1. The summed E-state index contributed by atoms with van der Waals surface area (Å²) in [5.74, 6) is -2.10. The van der Waals surface area contributed by atoms with Gasteiger partial charge in [0, 0.05) is 31.6 Å². The Morgan fingerprint density at radius 2 is 1.96 bits per heavy atom. The third kappa shape index (κ3) is 4.76. The lowest BCUT2D eigenvalue weighted by molar-refractivity contribution is -0.133. The van der Waals surface area contributed by atoms with Crippen LogP contribution in [-0.2, 0) is 4.79 Å². The Kier molecular flexibility index (Phi) is 6.70. The average Bonchev–Trinajstić information content (AvgIpc) is 3.06. The molecule has 0 spiro atoms. The maximum Gasteiger partial charge on any atom is 0.254 e. The fourth-order valence-corrected chi connectivity index (χ4v) is 3.21. The number of nitrogens with zero attached hydrogens (tertiary/aromatic N) is 1. The van der Waals surface area contributed by atoms with Crippen molar-refractivity contribution in [3.05, 3.63) is 35.4 Å². The number of rotatable bonds is 7. The summed E-state index contributed by atoms with van der Waals surface area (Å²) in [6.45, 7) is 2.97. The molecule has 2 amide bonds. The van der Waals surface area contributed by atoms with E-state index in [-0.39, 0.29) is 18.0 Å². The summed E-state index contributed by atoms with van der Waals surface area (Å²) in [4.78, 5) is 26.1. The molecule has 0 aliphatic heterocycles. The van der Waals surface area contributed by atoms with Crippen molar-refractivity contribution in [2.75, 3.05) is 13.1 Å². The maximum atomic E-state index is 13.5. The summed E-state index contributed by atoms with van der Waals surface area (Å²) >= 11 is 0. The summed E-state index contributed by atoms with van der Waals surface area (Å²) in [5, 5.41) is 2.57. The molecule has 0 heterocycles. The SMILES string of the molecule is CCN(C(=O)CCCNC(=O)c1ccc(F)cc1F)C1CCCC1. The first kappa shape index (κ1) is 18.4.